The molecule has 0 spiro atoms. The van der Waals surface area contributed by atoms with Crippen LogP contribution in [0.15, 0.2) is 47.1 Å². The summed E-state index contributed by atoms with van der Waals surface area (Å²) in [6, 6.07) is 8.94. The SMILES string of the molecule is Cc1cc(C(=O)OCC(=O)Nc2cc([N+](=O)[O-])ccc2Cl)c(C)n1Cc1ccco1. The van der Waals surface area contributed by atoms with Crippen molar-refractivity contribution in [3.63, 3.8) is 0 Å². The number of anilines is 1. The Morgan fingerprint density at radius 1 is 1.27 bits per heavy atom. The van der Waals surface area contributed by atoms with E-state index in [9.17, 15) is 19.7 Å². The monoisotopic (exact) mass is 431 g/mol. The van der Waals surface area contributed by atoms with Gasteiger partial charge in [0.05, 0.1) is 34.0 Å². The second-order valence-electron chi connectivity index (χ2n) is 6.50. The molecule has 0 aliphatic carbocycles. The van der Waals surface area contributed by atoms with E-state index in [1.807, 2.05) is 17.6 Å². The van der Waals surface area contributed by atoms with Gasteiger partial charge >= 0.3 is 5.97 Å². The van der Waals surface area contributed by atoms with Crippen molar-refractivity contribution in [1.82, 2.24) is 4.57 Å². The first-order valence-electron chi connectivity index (χ1n) is 8.86. The lowest BCUT2D eigenvalue weighted by Gasteiger charge is -2.09. The number of nitro benzene ring substituents is 1. The van der Waals surface area contributed by atoms with Crippen LogP contribution in [-0.4, -0.2) is 28.0 Å². The molecule has 1 aromatic carbocycles. The molecule has 156 valence electrons. The number of nitrogens with zero attached hydrogens (tertiary/aromatic N) is 2. The summed E-state index contributed by atoms with van der Waals surface area (Å²) in [5.41, 5.74) is 1.68. The number of hydrogen-bond acceptors (Lipinski definition) is 6. The van der Waals surface area contributed by atoms with Crippen molar-refractivity contribution in [1.29, 1.82) is 0 Å². The fourth-order valence-electron chi connectivity index (χ4n) is 2.93. The maximum atomic E-state index is 12.4. The topological polar surface area (TPSA) is 117 Å². The second kappa shape index (κ2) is 8.83. The smallest absolute Gasteiger partial charge is 0.340 e. The fraction of sp³-hybridized carbons (Fsp3) is 0.200. The van der Waals surface area contributed by atoms with Gasteiger partial charge in [-0.1, -0.05) is 11.6 Å². The number of halogens is 1. The third kappa shape index (κ3) is 4.69. The zero-order chi connectivity index (χ0) is 21.8. The molecule has 0 atom stereocenters. The van der Waals surface area contributed by atoms with Gasteiger partial charge in [-0.05, 0) is 38.1 Å². The second-order valence-corrected chi connectivity index (χ2v) is 6.90. The van der Waals surface area contributed by atoms with Crippen molar-refractivity contribution in [2.24, 2.45) is 0 Å². The van der Waals surface area contributed by atoms with Crippen LogP contribution in [0.1, 0.15) is 27.5 Å². The van der Waals surface area contributed by atoms with Crippen LogP contribution in [0.2, 0.25) is 5.02 Å². The van der Waals surface area contributed by atoms with Crippen LogP contribution >= 0.6 is 11.6 Å². The molecule has 0 aliphatic rings. The molecule has 0 aliphatic heterocycles. The average molecular weight is 432 g/mol. The molecule has 1 amide bonds. The molecule has 0 saturated heterocycles. The van der Waals surface area contributed by atoms with Gasteiger partial charge in [-0.2, -0.15) is 0 Å². The van der Waals surface area contributed by atoms with E-state index >= 15 is 0 Å². The summed E-state index contributed by atoms with van der Waals surface area (Å²) in [5.74, 6) is -0.589. The molecule has 0 fully saturated rings. The summed E-state index contributed by atoms with van der Waals surface area (Å²) in [6.07, 6.45) is 1.57. The molecule has 10 heteroatoms. The van der Waals surface area contributed by atoms with Crippen LogP contribution in [0.4, 0.5) is 11.4 Å². The van der Waals surface area contributed by atoms with E-state index in [1.54, 1.807) is 25.3 Å². The molecule has 1 N–H and O–H groups in total. The Kier molecular flexibility index (Phi) is 6.22. The standard InChI is InChI=1S/C20H18ClN3O6/c1-12-8-16(13(2)23(12)10-15-4-3-7-29-15)20(26)30-11-19(25)22-18-9-14(24(27)28)5-6-17(18)21/h3-9H,10-11H2,1-2H3,(H,22,25). The molecule has 2 aromatic heterocycles. The molecule has 0 saturated carbocycles. The Bertz CT molecular complexity index is 1100. The highest BCUT2D eigenvalue weighted by atomic mass is 35.5. The van der Waals surface area contributed by atoms with Gasteiger partial charge in [-0.15, -0.1) is 0 Å². The maximum absolute atomic E-state index is 12.4. The molecule has 3 rings (SSSR count). The molecule has 0 unspecified atom stereocenters. The van der Waals surface area contributed by atoms with E-state index in [0.29, 0.717) is 17.8 Å². The quantitative estimate of drug-likeness (QED) is 0.342. The van der Waals surface area contributed by atoms with Gasteiger partial charge in [0.2, 0.25) is 0 Å². The minimum atomic E-state index is -0.671. The van der Waals surface area contributed by atoms with E-state index in [4.69, 9.17) is 20.8 Å². The number of esters is 1. The predicted molar refractivity (Wildman–Crippen MR) is 109 cm³/mol. The van der Waals surface area contributed by atoms with Gasteiger partial charge in [0.15, 0.2) is 6.61 Å². The number of aromatic nitrogens is 1. The number of rotatable bonds is 7. The predicted octanol–water partition coefficient (Wildman–Crippen LogP) is 4.10. The van der Waals surface area contributed by atoms with Crippen LogP contribution < -0.4 is 5.32 Å². The Balaban J connectivity index is 1.64. The summed E-state index contributed by atoms with van der Waals surface area (Å²) in [5, 5.41) is 13.4. The molecule has 3 aromatic rings. The minimum absolute atomic E-state index is 0.0588. The largest absolute Gasteiger partial charge is 0.467 e. The van der Waals surface area contributed by atoms with Gasteiger partial charge in [0, 0.05) is 23.5 Å². The molecule has 9 nitrogen and oxygen atoms in total. The first-order valence-corrected chi connectivity index (χ1v) is 9.24. The van der Waals surface area contributed by atoms with Crippen molar-refractivity contribution in [3.8, 4) is 0 Å². The van der Waals surface area contributed by atoms with E-state index in [2.05, 4.69) is 5.32 Å². The van der Waals surface area contributed by atoms with E-state index in [0.717, 1.165) is 17.5 Å². The average Bonchev–Trinajstić information content (AvgIpc) is 3.31. The lowest BCUT2D eigenvalue weighted by atomic mass is 10.2. The van der Waals surface area contributed by atoms with Gasteiger partial charge < -0.3 is 19.0 Å². The Morgan fingerprint density at radius 2 is 2.03 bits per heavy atom. The van der Waals surface area contributed by atoms with Crippen LogP contribution in [0.5, 0.6) is 0 Å². The number of amides is 1. The Morgan fingerprint density at radius 3 is 2.70 bits per heavy atom. The van der Waals surface area contributed by atoms with Gasteiger partial charge in [-0.25, -0.2) is 4.79 Å². The molecular formula is C20H18ClN3O6. The highest BCUT2D eigenvalue weighted by molar-refractivity contribution is 6.33. The van der Waals surface area contributed by atoms with Gasteiger partial charge in [0.25, 0.3) is 11.6 Å². The zero-order valence-corrected chi connectivity index (χ0v) is 16.9. The number of nitro groups is 1. The molecular weight excluding hydrogens is 414 g/mol. The Labute approximate surface area is 176 Å². The summed E-state index contributed by atoms with van der Waals surface area (Å²) in [7, 11) is 0. The summed E-state index contributed by atoms with van der Waals surface area (Å²) in [6.45, 7) is 3.52. The summed E-state index contributed by atoms with van der Waals surface area (Å²) >= 11 is 5.95. The number of ether oxygens (including phenoxy) is 1. The first kappa shape index (κ1) is 21.1. The zero-order valence-electron chi connectivity index (χ0n) is 16.2. The number of nitrogens with one attached hydrogen (secondary N) is 1. The summed E-state index contributed by atoms with van der Waals surface area (Å²) < 4.78 is 12.3. The van der Waals surface area contributed by atoms with Crippen molar-refractivity contribution in [2.45, 2.75) is 20.4 Å². The number of non-ortho nitro benzene ring substituents is 1. The van der Waals surface area contributed by atoms with E-state index in [-0.39, 0.29) is 16.4 Å². The van der Waals surface area contributed by atoms with E-state index in [1.165, 1.54) is 12.1 Å². The number of furan rings is 1. The normalized spacial score (nSPS) is 10.6. The van der Waals surface area contributed by atoms with E-state index < -0.39 is 23.4 Å². The van der Waals surface area contributed by atoms with Crippen molar-refractivity contribution in [3.05, 3.63) is 80.5 Å². The number of carbonyl (C=O) groups is 2. The molecule has 2 heterocycles. The third-order valence-electron chi connectivity index (χ3n) is 4.46. The van der Waals surface area contributed by atoms with Crippen LogP contribution in [0.25, 0.3) is 0 Å². The minimum Gasteiger partial charge on any atom is -0.467 e. The number of aryl methyl sites for hydroxylation is 1. The first-order chi connectivity index (χ1) is 14.3. The van der Waals surface area contributed by atoms with Crippen molar-refractivity contribution in [2.75, 3.05) is 11.9 Å². The highest BCUT2D eigenvalue weighted by Crippen LogP contribution is 2.26. The van der Waals surface area contributed by atoms with Gasteiger partial charge in [0.1, 0.15) is 5.76 Å². The number of benzene rings is 1. The Hall–Kier alpha value is -3.59. The van der Waals surface area contributed by atoms with Crippen LogP contribution in [-0.2, 0) is 16.1 Å². The number of carbonyl (C=O) groups excluding carboxylic acids is 2. The lowest BCUT2D eigenvalue weighted by molar-refractivity contribution is -0.384. The maximum Gasteiger partial charge on any atom is 0.340 e. The number of hydrogen-bond donors (Lipinski definition) is 1. The molecule has 0 bridgehead atoms. The highest BCUT2D eigenvalue weighted by Gasteiger charge is 2.19. The van der Waals surface area contributed by atoms with Crippen LogP contribution in [0.3, 0.4) is 0 Å². The fourth-order valence-corrected chi connectivity index (χ4v) is 3.09. The van der Waals surface area contributed by atoms with Crippen molar-refractivity contribution < 1.29 is 23.7 Å². The molecule has 30 heavy (non-hydrogen) atoms. The third-order valence-corrected chi connectivity index (χ3v) is 4.79. The molecule has 0 radical (unpaired) electrons. The summed E-state index contributed by atoms with van der Waals surface area (Å²) in [4.78, 5) is 34.8. The van der Waals surface area contributed by atoms with Crippen molar-refractivity contribution >= 4 is 34.9 Å². The lowest BCUT2D eigenvalue weighted by Crippen LogP contribution is -2.21. The van der Waals surface area contributed by atoms with Gasteiger partial charge in [-0.3, -0.25) is 14.9 Å². The van der Waals surface area contributed by atoms with Crippen LogP contribution in [0, 0.1) is 24.0 Å².